The third kappa shape index (κ3) is 65.8. The van der Waals surface area contributed by atoms with Crippen LogP contribution in [0.15, 0.2) is 24.3 Å². The summed E-state index contributed by atoms with van der Waals surface area (Å²) in [6.07, 6.45) is 4.81. The van der Waals surface area contributed by atoms with E-state index < -0.39 is 40.6 Å². The normalized spacial score (nSPS) is 13.4. The number of hydrogen-bond acceptors (Lipinski definition) is 30. The van der Waals surface area contributed by atoms with E-state index >= 15 is 0 Å². The number of rotatable bonds is 89. The lowest BCUT2D eigenvalue weighted by molar-refractivity contribution is -0.160. The molecule has 0 amide bonds. The molecule has 1 N–H and O–H groups in total. The lowest BCUT2D eigenvalue weighted by Crippen LogP contribution is -2.36. The molecular weight excluding hydrogens is 1450 g/mol. The Bertz CT molecular complexity index is 2240. The lowest BCUT2D eigenvalue weighted by atomic mass is 9.71. The quantitative estimate of drug-likeness (QED) is 0.0477. The van der Waals surface area contributed by atoms with Gasteiger partial charge in [0.25, 0.3) is 0 Å². The summed E-state index contributed by atoms with van der Waals surface area (Å²) < 4.78 is 143. The van der Waals surface area contributed by atoms with Gasteiger partial charge < -0.3 is 128 Å². The minimum absolute atomic E-state index is 0.00554. The van der Waals surface area contributed by atoms with E-state index in [-0.39, 0.29) is 57.5 Å². The first-order valence-corrected chi connectivity index (χ1v) is 40.1. The molecule has 1 rings (SSSR count). The van der Waals surface area contributed by atoms with E-state index in [1.165, 1.54) is 0 Å². The van der Waals surface area contributed by atoms with Crippen LogP contribution in [-0.2, 0) is 133 Å². The molecule has 0 aliphatic carbocycles. The molecular formula is C80H145NO30. The monoisotopic (exact) mass is 1600 g/mol. The number of carboxylic acid groups (broad SMARTS) is 1. The van der Waals surface area contributed by atoms with Crippen LogP contribution >= 0.6 is 0 Å². The average molecular weight is 1600 g/mol. The molecule has 0 fully saturated rings. The highest BCUT2D eigenvalue weighted by Gasteiger charge is 2.41. The molecule has 650 valence electrons. The Balaban J connectivity index is 1.90. The van der Waals surface area contributed by atoms with Crippen molar-refractivity contribution >= 4 is 17.9 Å². The average Bonchev–Trinajstić information content (AvgIpc) is 0.827. The summed E-state index contributed by atoms with van der Waals surface area (Å²) in [5, 5.41) is 21.1. The lowest BCUT2D eigenvalue weighted by Gasteiger charge is -2.32. The molecule has 0 saturated heterocycles. The molecule has 1 aromatic rings. The van der Waals surface area contributed by atoms with Crippen molar-refractivity contribution in [3.63, 3.8) is 0 Å². The molecule has 31 nitrogen and oxygen atoms in total. The highest BCUT2D eigenvalue weighted by molar-refractivity contribution is 5.79. The Labute approximate surface area is 663 Å². The predicted molar refractivity (Wildman–Crippen MR) is 412 cm³/mol. The fraction of sp³-hybridized carbons (Fsp3) is 0.875. The first-order chi connectivity index (χ1) is 54.3. The fourth-order valence-corrected chi connectivity index (χ4v) is 10.7. The zero-order valence-corrected chi connectivity index (χ0v) is 69.0. The largest absolute Gasteiger partial charge is 0.497 e. The number of esters is 2. The minimum Gasteiger partial charge on any atom is -0.497 e. The first kappa shape index (κ1) is 105. The standard InChI is InChI=1S/C80H145NO30/c1-9-12-13-70(10-2)68-111-77(84)74(64-73(76(82)83)67-80(6,69-81)66-71(11-3)72-14-16-75(87-8)17-15-72)65-79(4,5)78(85)110-63-62-109-61-60-108-59-58-107-57-56-106-55-54-105-53-52-104-51-50-103-49-48-102-47-46-101-45-44-100-43-42-99-41-40-98-39-38-97-37-36-96-35-34-95-33-32-94-31-30-93-29-28-92-27-26-91-25-24-90-23-22-89-21-20-88-19-18-86-7/h14-17,70-71,73-74H,9-13,18-68H2,1-8H3,(H,82,83). The van der Waals surface area contributed by atoms with Crippen molar-refractivity contribution in [3.8, 4) is 11.8 Å². The van der Waals surface area contributed by atoms with Gasteiger partial charge >= 0.3 is 17.9 Å². The van der Waals surface area contributed by atoms with Crippen LogP contribution in [0.2, 0.25) is 0 Å². The zero-order valence-electron chi connectivity index (χ0n) is 69.0. The van der Waals surface area contributed by atoms with Gasteiger partial charge in [-0.25, -0.2) is 0 Å². The summed E-state index contributed by atoms with van der Waals surface area (Å²) in [5.41, 5.74) is -1.17. The van der Waals surface area contributed by atoms with Crippen LogP contribution in [0, 0.1) is 39.9 Å². The molecule has 0 aromatic heterocycles. The summed E-state index contributed by atoms with van der Waals surface area (Å²) >= 11 is 0. The number of nitrogens with zero attached hydrogens (tertiary/aromatic N) is 1. The van der Waals surface area contributed by atoms with Crippen molar-refractivity contribution in [1.29, 1.82) is 5.26 Å². The molecule has 0 bridgehead atoms. The highest BCUT2D eigenvalue weighted by Crippen LogP contribution is 2.41. The molecule has 0 aliphatic heterocycles. The van der Waals surface area contributed by atoms with Crippen molar-refractivity contribution in [2.75, 3.05) is 325 Å². The Morgan fingerprint density at radius 3 is 0.910 bits per heavy atom. The van der Waals surface area contributed by atoms with Crippen LogP contribution < -0.4 is 4.74 Å². The Morgan fingerprint density at radius 1 is 0.378 bits per heavy atom. The predicted octanol–water partition coefficient (Wildman–Crippen LogP) is 7.94. The number of methoxy groups -OCH3 is 2. The number of benzene rings is 1. The van der Waals surface area contributed by atoms with Crippen molar-refractivity contribution in [2.24, 2.45) is 28.6 Å². The van der Waals surface area contributed by atoms with Gasteiger partial charge in [-0.3, -0.25) is 14.4 Å². The second-order valence-corrected chi connectivity index (χ2v) is 26.7. The van der Waals surface area contributed by atoms with E-state index in [2.05, 4.69) is 19.9 Å². The topological polar surface area (TPSA) is 335 Å². The number of nitriles is 1. The fourth-order valence-electron chi connectivity index (χ4n) is 10.7. The van der Waals surface area contributed by atoms with Gasteiger partial charge in [-0.2, -0.15) is 5.26 Å². The molecule has 0 heterocycles. The number of ether oxygens (including phenoxy) is 26. The Kier molecular flexibility index (Phi) is 74.3. The SMILES string of the molecule is CCCCC(CC)COC(=O)C(CC(CC(C)(C#N)CC(CC)c1ccc(OC)cc1)C(=O)O)CC(C)(C)C(=O)OCCOCCOCCOCCOCCOCCOCCOCCOCCOCCOCCOCCOCCOCCOCCOCCOCCOCCOCCOCCOCCOCCOCCOC. The number of aliphatic carboxylic acids is 1. The van der Waals surface area contributed by atoms with Gasteiger partial charge in [-0.15, -0.1) is 0 Å². The van der Waals surface area contributed by atoms with Gasteiger partial charge in [0.05, 0.1) is 340 Å². The molecule has 31 heteroatoms. The van der Waals surface area contributed by atoms with E-state index in [1.807, 2.05) is 31.2 Å². The summed E-state index contributed by atoms with van der Waals surface area (Å²) in [7, 11) is 3.24. The second kappa shape index (κ2) is 78.5. The molecule has 0 aliphatic rings. The van der Waals surface area contributed by atoms with Crippen molar-refractivity contribution in [1.82, 2.24) is 0 Å². The van der Waals surface area contributed by atoms with Crippen LogP contribution in [-0.4, -0.2) is 348 Å². The third-order valence-electron chi connectivity index (χ3n) is 17.0. The summed E-state index contributed by atoms with van der Waals surface area (Å²) in [6.45, 7) is 32.1. The van der Waals surface area contributed by atoms with Gasteiger partial charge in [0, 0.05) is 7.11 Å². The van der Waals surface area contributed by atoms with Crippen molar-refractivity contribution in [2.45, 2.75) is 105 Å². The number of carboxylic acids is 1. The van der Waals surface area contributed by atoms with Crippen molar-refractivity contribution < 1.29 is 143 Å². The highest BCUT2D eigenvalue weighted by atomic mass is 16.6. The maximum atomic E-state index is 14.0. The van der Waals surface area contributed by atoms with Crippen LogP contribution in [0.25, 0.3) is 0 Å². The molecule has 5 atom stereocenters. The molecule has 0 saturated carbocycles. The summed E-state index contributed by atoms with van der Waals surface area (Å²) in [6, 6.07) is 10.1. The Hall–Kier alpha value is -4.00. The smallest absolute Gasteiger partial charge is 0.311 e. The summed E-state index contributed by atoms with van der Waals surface area (Å²) in [5.74, 6) is -3.33. The third-order valence-corrected chi connectivity index (χ3v) is 17.0. The minimum atomic E-state index is -1.17. The number of hydrogen-bond donors (Lipinski definition) is 1. The van der Waals surface area contributed by atoms with Crippen LogP contribution in [0.5, 0.6) is 5.75 Å². The molecule has 1 aromatic carbocycles. The number of unbranched alkanes of at least 4 members (excludes halogenated alkanes) is 1. The second-order valence-electron chi connectivity index (χ2n) is 26.7. The molecule has 0 radical (unpaired) electrons. The maximum Gasteiger partial charge on any atom is 0.311 e. The van der Waals surface area contributed by atoms with Crippen LogP contribution in [0.4, 0.5) is 0 Å². The number of carbonyl (C=O) groups is 3. The van der Waals surface area contributed by atoms with Gasteiger partial charge in [0.1, 0.15) is 12.4 Å². The van der Waals surface area contributed by atoms with E-state index in [1.54, 1.807) is 35.0 Å². The van der Waals surface area contributed by atoms with Crippen LogP contribution in [0.1, 0.15) is 111 Å². The summed E-state index contributed by atoms with van der Waals surface area (Å²) in [4.78, 5) is 40.5. The molecule has 0 spiro atoms. The molecule has 5 unspecified atom stereocenters. The Morgan fingerprint density at radius 2 is 0.667 bits per heavy atom. The zero-order chi connectivity index (χ0) is 80.7. The van der Waals surface area contributed by atoms with E-state index in [0.717, 1.165) is 43.4 Å². The number of carbonyl (C=O) groups excluding carboxylic acids is 2. The van der Waals surface area contributed by atoms with E-state index in [0.29, 0.717) is 291 Å². The van der Waals surface area contributed by atoms with Gasteiger partial charge in [-0.1, -0.05) is 52.2 Å². The van der Waals surface area contributed by atoms with E-state index in [4.69, 9.17) is 123 Å². The van der Waals surface area contributed by atoms with Crippen LogP contribution in [0.3, 0.4) is 0 Å². The van der Waals surface area contributed by atoms with Gasteiger partial charge in [0.2, 0.25) is 0 Å². The van der Waals surface area contributed by atoms with Gasteiger partial charge in [-0.05, 0) is 88.8 Å². The molecule has 111 heavy (non-hydrogen) atoms. The van der Waals surface area contributed by atoms with Gasteiger partial charge in [0.15, 0.2) is 0 Å². The maximum absolute atomic E-state index is 14.0. The first-order valence-electron chi connectivity index (χ1n) is 40.1. The van der Waals surface area contributed by atoms with E-state index in [9.17, 15) is 24.8 Å². The van der Waals surface area contributed by atoms with Crippen molar-refractivity contribution in [3.05, 3.63) is 29.8 Å².